The Morgan fingerprint density at radius 1 is 1.28 bits per heavy atom. The number of thiazole rings is 1. The van der Waals surface area contributed by atoms with Gasteiger partial charge in [-0.25, -0.2) is 9.98 Å². The molecule has 0 aromatic carbocycles. The fourth-order valence-corrected chi connectivity index (χ4v) is 3.98. The number of aromatic nitrogens is 2. The van der Waals surface area contributed by atoms with Crippen LogP contribution >= 0.6 is 11.3 Å². The summed E-state index contributed by atoms with van der Waals surface area (Å²) in [5.74, 6) is 0.865. The molecule has 2 aromatic rings. The molecule has 0 saturated carbocycles. The van der Waals surface area contributed by atoms with Crippen molar-refractivity contribution in [3.05, 3.63) is 23.5 Å². The summed E-state index contributed by atoms with van der Waals surface area (Å²) >= 11 is 1.65. The molecule has 0 radical (unpaired) electrons. The van der Waals surface area contributed by atoms with Crippen LogP contribution in [0.2, 0.25) is 0 Å². The molecule has 1 aliphatic rings. The minimum absolute atomic E-state index is 0.133. The van der Waals surface area contributed by atoms with Gasteiger partial charge in [-0.15, -0.1) is 11.3 Å². The standard InChI is InChI=1S/C18H30N6S/c1-4-19-16(20-12-15-13-23-10-11-25-17(23)22-15)21-14-18(2,3)24-8-6-5-7-9-24/h10-11,13H,4-9,12,14H2,1-3H3,(H2,19,20,21). The van der Waals surface area contributed by atoms with E-state index in [2.05, 4.69) is 51.9 Å². The molecule has 0 spiro atoms. The Balaban J connectivity index is 1.58. The molecule has 1 saturated heterocycles. The zero-order chi connectivity index (χ0) is 17.7. The maximum absolute atomic E-state index is 4.71. The Kier molecular flexibility index (Phi) is 5.96. The molecule has 1 fully saturated rings. The highest BCUT2D eigenvalue weighted by Gasteiger charge is 2.27. The van der Waals surface area contributed by atoms with Crippen LogP contribution in [-0.4, -0.2) is 52.0 Å². The molecule has 138 valence electrons. The summed E-state index contributed by atoms with van der Waals surface area (Å²) in [4.78, 5) is 12.9. The predicted octanol–water partition coefficient (Wildman–Crippen LogP) is 2.72. The van der Waals surface area contributed by atoms with Crippen molar-refractivity contribution in [3.63, 3.8) is 0 Å². The van der Waals surface area contributed by atoms with Crippen molar-refractivity contribution in [1.29, 1.82) is 0 Å². The molecule has 1 aliphatic heterocycles. The third kappa shape index (κ3) is 4.73. The minimum Gasteiger partial charge on any atom is -0.357 e. The van der Waals surface area contributed by atoms with E-state index in [4.69, 9.17) is 4.99 Å². The van der Waals surface area contributed by atoms with E-state index < -0.39 is 0 Å². The summed E-state index contributed by atoms with van der Waals surface area (Å²) in [6.45, 7) is 11.5. The van der Waals surface area contributed by atoms with Crippen LogP contribution in [0.25, 0.3) is 4.96 Å². The second kappa shape index (κ2) is 8.19. The van der Waals surface area contributed by atoms with Crippen LogP contribution < -0.4 is 10.6 Å². The Hall–Kier alpha value is -1.60. The van der Waals surface area contributed by atoms with Crippen LogP contribution in [0.15, 0.2) is 22.8 Å². The number of likely N-dealkylation sites (tertiary alicyclic amines) is 1. The lowest BCUT2D eigenvalue weighted by atomic mass is 9.98. The average molecular weight is 363 g/mol. The number of hydrogen-bond donors (Lipinski definition) is 2. The van der Waals surface area contributed by atoms with Gasteiger partial charge in [-0.1, -0.05) is 6.42 Å². The highest BCUT2D eigenvalue weighted by molar-refractivity contribution is 7.15. The first-order chi connectivity index (χ1) is 12.1. The summed E-state index contributed by atoms with van der Waals surface area (Å²) in [7, 11) is 0. The van der Waals surface area contributed by atoms with E-state index >= 15 is 0 Å². The largest absolute Gasteiger partial charge is 0.357 e. The van der Waals surface area contributed by atoms with E-state index in [1.165, 1.54) is 32.4 Å². The molecule has 0 atom stereocenters. The maximum atomic E-state index is 4.71. The highest BCUT2D eigenvalue weighted by Crippen LogP contribution is 2.19. The Morgan fingerprint density at radius 3 is 2.80 bits per heavy atom. The number of aliphatic imine (C=N–C) groups is 1. The van der Waals surface area contributed by atoms with Crippen molar-refractivity contribution in [2.45, 2.75) is 52.1 Å². The van der Waals surface area contributed by atoms with Gasteiger partial charge in [0, 0.05) is 36.4 Å². The summed E-state index contributed by atoms with van der Waals surface area (Å²) in [6.07, 6.45) is 8.08. The van der Waals surface area contributed by atoms with E-state index in [0.717, 1.165) is 29.7 Å². The second-order valence-electron chi connectivity index (χ2n) is 7.23. The van der Waals surface area contributed by atoms with Gasteiger partial charge in [-0.2, -0.15) is 0 Å². The van der Waals surface area contributed by atoms with Crippen LogP contribution in [0, 0.1) is 0 Å². The number of piperidine rings is 1. The molecular formula is C18H30N6S. The monoisotopic (exact) mass is 362 g/mol. The number of fused-ring (bicyclic) bond motifs is 1. The lowest BCUT2D eigenvalue weighted by Crippen LogP contribution is -2.54. The SMILES string of the molecule is CCNC(=NCc1cn2ccsc2n1)NCC(C)(C)N1CCCCC1. The van der Waals surface area contributed by atoms with Gasteiger partial charge in [-0.05, 0) is 46.7 Å². The van der Waals surface area contributed by atoms with Crippen molar-refractivity contribution in [2.24, 2.45) is 4.99 Å². The van der Waals surface area contributed by atoms with E-state index in [1.54, 1.807) is 11.3 Å². The molecule has 0 bridgehead atoms. The zero-order valence-electron chi connectivity index (χ0n) is 15.6. The van der Waals surface area contributed by atoms with Gasteiger partial charge < -0.3 is 10.6 Å². The van der Waals surface area contributed by atoms with E-state index in [9.17, 15) is 0 Å². The lowest BCUT2D eigenvalue weighted by Gasteiger charge is -2.41. The predicted molar refractivity (Wildman–Crippen MR) is 105 cm³/mol. The van der Waals surface area contributed by atoms with Gasteiger partial charge in [0.1, 0.15) is 0 Å². The van der Waals surface area contributed by atoms with Crippen molar-refractivity contribution < 1.29 is 0 Å². The van der Waals surface area contributed by atoms with Crippen LogP contribution in [0.5, 0.6) is 0 Å². The van der Waals surface area contributed by atoms with Gasteiger partial charge in [0.25, 0.3) is 0 Å². The minimum atomic E-state index is 0.133. The number of nitrogens with zero attached hydrogens (tertiary/aromatic N) is 4. The first-order valence-corrected chi connectivity index (χ1v) is 10.1. The van der Waals surface area contributed by atoms with Gasteiger partial charge in [0.15, 0.2) is 10.9 Å². The van der Waals surface area contributed by atoms with Crippen LogP contribution in [0.3, 0.4) is 0 Å². The molecule has 25 heavy (non-hydrogen) atoms. The van der Waals surface area contributed by atoms with Gasteiger partial charge in [-0.3, -0.25) is 9.30 Å². The Labute approximate surface area is 154 Å². The average Bonchev–Trinajstić information content (AvgIpc) is 3.20. The van der Waals surface area contributed by atoms with Crippen molar-refractivity contribution >= 4 is 22.3 Å². The molecule has 3 heterocycles. The van der Waals surface area contributed by atoms with Crippen LogP contribution in [-0.2, 0) is 6.54 Å². The van der Waals surface area contributed by atoms with Crippen molar-refractivity contribution in [3.8, 4) is 0 Å². The second-order valence-corrected chi connectivity index (χ2v) is 8.11. The number of hydrogen-bond acceptors (Lipinski definition) is 4. The molecule has 2 aromatic heterocycles. The summed E-state index contributed by atoms with van der Waals surface area (Å²) in [5, 5.41) is 8.91. The van der Waals surface area contributed by atoms with E-state index in [-0.39, 0.29) is 5.54 Å². The number of nitrogens with one attached hydrogen (secondary N) is 2. The first-order valence-electron chi connectivity index (χ1n) is 9.27. The Bertz CT molecular complexity index is 667. The fourth-order valence-electron chi connectivity index (χ4n) is 3.27. The first kappa shape index (κ1) is 18.2. The zero-order valence-corrected chi connectivity index (χ0v) is 16.4. The summed E-state index contributed by atoms with van der Waals surface area (Å²) < 4.78 is 2.05. The van der Waals surface area contributed by atoms with Crippen LogP contribution in [0.1, 0.15) is 45.7 Å². The normalized spacial score (nSPS) is 17.2. The quantitative estimate of drug-likeness (QED) is 0.613. The van der Waals surface area contributed by atoms with Crippen LogP contribution in [0.4, 0.5) is 0 Å². The third-order valence-corrected chi connectivity index (χ3v) is 5.56. The van der Waals surface area contributed by atoms with Gasteiger partial charge in [0.2, 0.25) is 0 Å². The van der Waals surface area contributed by atoms with Crippen molar-refractivity contribution in [2.75, 3.05) is 26.2 Å². The molecule has 0 aliphatic carbocycles. The van der Waals surface area contributed by atoms with Gasteiger partial charge >= 0.3 is 0 Å². The molecule has 0 unspecified atom stereocenters. The number of imidazole rings is 1. The number of guanidine groups is 1. The summed E-state index contributed by atoms with van der Waals surface area (Å²) in [5.41, 5.74) is 1.13. The fraction of sp³-hybridized carbons (Fsp3) is 0.667. The van der Waals surface area contributed by atoms with E-state index in [0.29, 0.717) is 6.54 Å². The topological polar surface area (TPSA) is 57.0 Å². The molecular weight excluding hydrogens is 332 g/mol. The molecule has 6 nitrogen and oxygen atoms in total. The smallest absolute Gasteiger partial charge is 0.193 e. The lowest BCUT2D eigenvalue weighted by molar-refractivity contribution is 0.0982. The van der Waals surface area contributed by atoms with Crippen molar-refractivity contribution in [1.82, 2.24) is 24.9 Å². The maximum Gasteiger partial charge on any atom is 0.193 e. The summed E-state index contributed by atoms with van der Waals surface area (Å²) in [6, 6.07) is 0. The number of rotatable bonds is 6. The van der Waals surface area contributed by atoms with E-state index in [1.807, 2.05) is 11.6 Å². The molecule has 3 rings (SSSR count). The Morgan fingerprint density at radius 2 is 2.08 bits per heavy atom. The molecule has 7 heteroatoms. The molecule has 2 N–H and O–H groups in total. The highest BCUT2D eigenvalue weighted by atomic mass is 32.1. The van der Waals surface area contributed by atoms with Gasteiger partial charge in [0.05, 0.1) is 12.2 Å². The third-order valence-electron chi connectivity index (χ3n) is 4.79. The molecule has 0 amide bonds.